The second kappa shape index (κ2) is 10.6. The molecule has 22 heavy (non-hydrogen) atoms. The third-order valence-corrected chi connectivity index (χ3v) is 2.83. The quantitative estimate of drug-likeness (QED) is 0.403. The zero-order valence-corrected chi connectivity index (χ0v) is 13.2. The van der Waals surface area contributed by atoms with Crippen LogP contribution < -0.4 is 10.6 Å². The molecule has 0 radical (unpaired) electrons. The molecule has 0 unspecified atom stereocenters. The van der Waals surface area contributed by atoms with Gasteiger partial charge in [-0.3, -0.25) is 9.59 Å². The fourth-order valence-corrected chi connectivity index (χ4v) is 1.78. The van der Waals surface area contributed by atoms with Crippen molar-refractivity contribution >= 4 is 29.2 Å². The maximum absolute atomic E-state index is 12.1. The number of carbonyl (C=O) groups excluding carboxylic acids is 2. The Balaban J connectivity index is 2.45. The summed E-state index contributed by atoms with van der Waals surface area (Å²) in [6.07, 6.45) is 0. The van der Waals surface area contributed by atoms with E-state index in [0.29, 0.717) is 19.7 Å². The van der Waals surface area contributed by atoms with E-state index in [-0.39, 0.29) is 18.4 Å². The van der Waals surface area contributed by atoms with Gasteiger partial charge in [0.2, 0.25) is 11.8 Å². The van der Waals surface area contributed by atoms with Crippen LogP contribution in [0.3, 0.4) is 0 Å². The fourth-order valence-electron chi connectivity index (χ4n) is 1.69. The summed E-state index contributed by atoms with van der Waals surface area (Å²) in [7, 11) is 0. The van der Waals surface area contributed by atoms with Gasteiger partial charge in [-0.2, -0.15) is 0 Å². The SMILES string of the molecule is CC(=O)N[C@H](COCCN=C=S)C(=O)NCc1ccccc1. The van der Waals surface area contributed by atoms with E-state index in [4.69, 9.17) is 4.74 Å². The first-order valence-corrected chi connectivity index (χ1v) is 7.24. The summed E-state index contributed by atoms with van der Waals surface area (Å²) in [4.78, 5) is 27.0. The monoisotopic (exact) mass is 321 g/mol. The molecular weight excluding hydrogens is 302 g/mol. The summed E-state index contributed by atoms with van der Waals surface area (Å²) >= 11 is 4.44. The minimum atomic E-state index is -0.738. The van der Waals surface area contributed by atoms with Gasteiger partial charge in [-0.05, 0) is 17.8 Å². The predicted octanol–water partition coefficient (Wildman–Crippen LogP) is 0.927. The lowest BCUT2D eigenvalue weighted by atomic mass is 10.2. The molecule has 1 rings (SSSR count). The predicted molar refractivity (Wildman–Crippen MR) is 86.6 cm³/mol. The van der Waals surface area contributed by atoms with Crippen LogP contribution in [0.5, 0.6) is 0 Å². The molecule has 0 aliphatic carbocycles. The second-order valence-corrected chi connectivity index (χ2v) is 4.69. The Morgan fingerprint density at radius 2 is 2.09 bits per heavy atom. The van der Waals surface area contributed by atoms with E-state index in [1.54, 1.807) is 0 Å². The van der Waals surface area contributed by atoms with Crippen molar-refractivity contribution < 1.29 is 14.3 Å². The summed E-state index contributed by atoms with van der Waals surface area (Å²) in [6.45, 7) is 2.51. The van der Waals surface area contributed by atoms with Crippen LogP contribution >= 0.6 is 12.2 Å². The molecule has 0 aliphatic rings. The molecule has 2 N–H and O–H groups in total. The van der Waals surface area contributed by atoms with Gasteiger partial charge in [0.15, 0.2) is 0 Å². The van der Waals surface area contributed by atoms with Crippen molar-refractivity contribution in [3.63, 3.8) is 0 Å². The lowest BCUT2D eigenvalue weighted by Gasteiger charge is -2.17. The highest BCUT2D eigenvalue weighted by Gasteiger charge is 2.19. The molecule has 118 valence electrons. The van der Waals surface area contributed by atoms with E-state index < -0.39 is 6.04 Å². The zero-order valence-electron chi connectivity index (χ0n) is 12.4. The van der Waals surface area contributed by atoms with E-state index in [0.717, 1.165) is 5.56 Å². The number of amides is 2. The largest absolute Gasteiger partial charge is 0.377 e. The number of rotatable bonds is 9. The normalized spacial score (nSPS) is 11.1. The van der Waals surface area contributed by atoms with E-state index in [1.807, 2.05) is 30.3 Å². The first-order chi connectivity index (χ1) is 10.6. The Labute approximate surface area is 135 Å². The molecule has 0 saturated carbocycles. The number of aliphatic imine (C=N–C) groups is 1. The number of carbonyl (C=O) groups is 2. The van der Waals surface area contributed by atoms with Crippen LogP contribution in [0.15, 0.2) is 35.3 Å². The third kappa shape index (κ3) is 7.64. The lowest BCUT2D eigenvalue weighted by molar-refractivity contribution is -0.129. The van der Waals surface area contributed by atoms with Gasteiger partial charge in [-0.25, -0.2) is 4.99 Å². The molecular formula is C15H19N3O3S. The van der Waals surface area contributed by atoms with Crippen LogP contribution in [0, 0.1) is 0 Å². The van der Waals surface area contributed by atoms with Crippen molar-refractivity contribution in [2.75, 3.05) is 19.8 Å². The van der Waals surface area contributed by atoms with Crippen molar-refractivity contribution in [2.45, 2.75) is 19.5 Å². The summed E-state index contributed by atoms with van der Waals surface area (Å²) in [5.41, 5.74) is 0.980. The van der Waals surface area contributed by atoms with Crippen LogP contribution in [0.2, 0.25) is 0 Å². The van der Waals surface area contributed by atoms with Gasteiger partial charge in [0, 0.05) is 13.5 Å². The number of hydrogen-bond donors (Lipinski definition) is 2. The van der Waals surface area contributed by atoms with Crippen molar-refractivity contribution in [2.24, 2.45) is 4.99 Å². The molecule has 6 nitrogen and oxygen atoms in total. The Morgan fingerprint density at radius 3 is 2.73 bits per heavy atom. The molecule has 1 aromatic carbocycles. The minimum absolute atomic E-state index is 0.0765. The van der Waals surface area contributed by atoms with E-state index in [9.17, 15) is 9.59 Å². The number of ether oxygens (including phenoxy) is 1. The first-order valence-electron chi connectivity index (χ1n) is 6.83. The highest BCUT2D eigenvalue weighted by atomic mass is 32.1. The molecule has 0 heterocycles. The van der Waals surface area contributed by atoms with Crippen LogP contribution in [0.1, 0.15) is 12.5 Å². The van der Waals surface area contributed by atoms with Crippen molar-refractivity contribution in [1.82, 2.24) is 10.6 Å². The van der Waals surface area contributed by atoms with Crippen LogP contribution in [-0.4, -0.2) is 42.8 Å². The highest BCUT2D eigenvalue weighted by Crippen LogP contribution is 1.98. The van der Waals surface area contributed by atoms with E-state index >= 15 is 0 Å². The Bertz CT molecular complexity index is 530. The number of isothiocyanates is 1. The molecule has 7 heteroatoms. The molecule has 2 amide bonds. The van der Waals surface area contributed by atoms with E-state index in [1.165, 1.54) is 6.92 Å². The average Bonchev–Trinajstić information content (AvgIpc) is 2.52. The summed E-state index contributed by atoms with van der Waals surface area (Å²) in [5.74, 6) is -0.585. The maximum Gasteiger partial charge on any atom is 0.245 e. The smallest absolute Gasteiger partial charge is 0.245 e. The number of nitrogens with one attached hydrogen (secondary N) is 2. The highest BCUT2D eigenvalue weighted by molar-refractivity contribution is 7.78. The number of thiocarbonyl (C=S) groups is 1. The number of hydrogen-bond acceptors (Lipinski definition) is 5. The van der Waals surface area contributed by atoms with Gasteiger partial charge in [-0.15, -0.1) is 0 Å². The molecule has 0 aliphatic heterocycles. The van der Waals surface area contributed by atoms with Crippen molar-refractivity contribution in [3.05, 3.63) is 35.9 Å². The van der Waals surface area contributed by atoms with Gasteiger partial charge in [0.05, 0.1) is 24.9 Å². The Hall–Kier alpha value is -2.08. The number of nitrogens with zero attached hydrogens (tertiary/aromatic N) is 1. The van der Waals surface area contributed by atoms with Gasteiger partial charge in [-0.1, -0.05) is 30.3 Å². The van der Waals surface area contributed by atoms with Crippen molar-refractivity contribution in [1.29, 1.82) is 0 Å². The molecule has 0 bridgehead atoms. The maximum atomic E-state index is 12.1. The Kier molecular flexibility index (Phi) is 8.67. The van der Waals surface area contributed by atoms with Gasteiger partial charge >= 0.3 is 0 Å². The van der Waals surface area contributed by atoms with Crippen LogP contribution in [-0.2, 0) is 20.9 Å². The fraction of sp³-hybridized carbons (Fsp3) is 0.400. The standard InChI is InChI=1S/C15H19N3O3S/c1-12(19)18-14(10-21-8-7-16-11-22)15(20)17-9-13-5-3-2-4-6-13/h2-6,14H,7-10H2,1H3,(H,17,20)(H,18,19)/t14-/m1/s1. The summed E-state index contributed by atoms with van der Waals surface area (Å²) in [6, 6.07) is 8.78. The molecule has 1 atom stereocenters. The van der Waals surface area contributed by atoms with Crippen LogP contribution in [0.4, 0.5) is 0 Å². The van der Waals surface area contributed by atoms with Crippen LogP contribution in [0.25, 0.3) is 0 Å². The number of benzene rings is 1. The first kappa shape index (κ1) is 18.0. The molecule has 0 spiro atoms. The Morgan fingerprint density at radius 1 is 1.36 bits per heavy atom. The van der Waals surface area contributed by atoms with Crippen molar-refractivity contribution in [3.8, 4) is 0 Å². The lowest BCUT2D eigenvalue weighted by Crippen LogP contribution is -2.48. The summed E-state index contributed by atoms with van der Waals surface area (Å²) < 4.78 is 5.32. The molecule has 0 aromatic heterocycles. The van der Waals surface area contributed by atoms with Gasteiger partial charge < -0.3 is 15.4 Å². The zero-order chi connectivity index (χ0) is 16.2. The third-order valence-electron chi connectivity index (χ3n) is 2.70. The second-order valence-electron chi connectivity index (χ2n) is 4.50. The minimum Gasteiger partial charge on any atom is -0.377 e. The molecule has 1 aromatic rings. The molecule has 0 saturated heterocycles. The summed E-state index contributed by atoms with van der Waals surface area (Å²) in [5, 5.41) is 7.56. The average molecular weight is 321 g/mol. The van der Waals surface area contributed by atoms with E-state index in [2.05, 4.69) is 33.0 Å². The molecule has 0 fully saturated rings. The topological polar surface area (TPSA) is 79.8 Å². The van der Waals surface area contributed by atoms with Gasteiger partial charge in [0.1, 0.15) is 6.04 Å². The van der Waals surface area contributed by atoms with Gasteiger partial charge in [0.25, 0.3) is 0 Å².